The predicted octanol–water partition coefficient (Wildman–Crippen LogP) is 1.26. The molecule has 1 rings (SSSR count). The fourth-order valence-corrected chi connectivity index (χ4v) is 2.78. The van der Waals surface area contributed by atoms with Crippen LogP contribution in [-0.4, -0.2) is 35.0 Å². The van der Waals surface area contributed by atoms with Gasteiger partial charge in [-0.05, 0) is 51.7 Å². The normalized spacial score (nSPS) is 10.8. The summed E-state index contributed by atoms with van der Waals surface area (Å²) in [6.07, 6.45) is 1.12. The summed E-state index contributed by atoms with van der Waals surface area (Å²) < 4.78 is 25.9. The lowest BCUT2D eigenvalue weighted by Gasteiger charge is -2.12. The van der Waals surface area contributed by atoms with Crippen LogP contribution in [0, 0.1) is 6.92 Å². The highest BCUT2D eigenvalue weighted by atomic mass is 35.5. The summed E-state index contributed by atoms with van der Waals surface area (Å²) in [5.41, 5.74) is 1.06. The van der Waals surface area contributed by atoms with Crippen LogP contribution in [0.3, 0.4) is 0 Å². The molecule has 0 saturated carbocycles. The molecule has 0 spiro atoms. The van der Waals surface area contributed by atoms with E-state index in [0.717, 1.165) is 13.0 Å². The fourth-order valence-electron chi connectivity index (χ4n) is 1.79. The van der Waals surface area contributed by atoms with Gasteiger partial charge in [-0.2, -0.15) is 0 Å². The van der Waals surface area contributed by atoms with E-state index in [9.17, 15) is 13.2 Å². The number of benzene rings is 1. The van der Waals surface area contributed by atoms with Gasteiger partial charge in [0.25, 0.3) is 0 Å². The maximum atomic E-state index is 11.8. The Hall–Kier alpha value is -1.15. The van der Waals surface area contributed by atoms with Crippen LogP contribution in [0.1, 0.15) is 18.4 Å². The van der Waals surface area contributed by atoms with Gasteiger partial charge in [0, 0.05) is 12.1 Å². The van der Waals surface area contributed by atoms with Crippen LogP contribution < -0.4 is 15.4 Å². The number of hydrogen-bond donors (Lipinski definition) is 3. The first-order valence-corrected chi connectivity index (χ1v) is 7.88. The fraction of sp³-hybridized carbons (Fsp3) is 0.462. The van der Waals surface area contributed by atoms with Gasteiger partial charge in [0.2, 0.25) is 15.9 Å². The number of sulfonamides is 1. The average Bonchev–Trinajstić information content (AvgIpc) is 2.41. The number of carbonyl (C=O) groups excluding carboxylic acids is 1. The van der Waals surface area contributed by atoms with E-state index in [4.69, 9.17) is 0 Å². The Bertz CT molecular complexity index is 576. The number of halogens is 1. The molecule has 0 aliphatic heterocycles. The summed E-state index contributed by atoms with van der Waals surface area (Å²) in [4.78, 5) is 11.9. The summed E-state index contributed by atoms with van der Waals surface area (Å²) in [6, 6.07) is 4.82. The van der Waals surface area contributed by atoms with Crippen molar-refractivity contribution >= 4 is 34.0 Å². The van der Waals surface area contributed by atoms with Crippen LogP contribution in [0.5, 0.6) is 0 Å². The molecule has 0 heterocycles. The molecule has 0 unspecified atom stereocenters. The van der Waals surface area contributed by atoms with Gasteiger partial charge in [-0.25, -0.2) is 13.1 Å². The number of anilines is 1. The van der Waals surface area contributed by atoms with Gasteiger partial charge in [-0.3, -0.25) is 4.79 Å². The Labute approximate surface area is 132 Å². The molecule has 6 nitrogen and oxygen atoms in total. The first-order chi connectivity index (χ1) is 9.42. The van der Waals surface area contributed by atoms with Crippen molar-refractivity contribution in [2.45, 2.75) is 24.7 Å². The SMILES string of the molecule is CNCCCC(=O)Nc1cccc(S(=O)(=O)NC)c1C.Cl. The Balaban J connectivity index is 0.00000400. The van der Waals surface area contributed by atoms with E-state index in [1.165, 1.54) is 13.1 Å². The van der Waals surface area contributed by atoms with Crippen molar-refractivity contribution in [1.29, 1.82) is 0 Å². The van der Waals surface area contributed by atoms with E-state index in [2.05, 4.69) is 15.4 Å². The maximum absolute atomic E-state index is 11.8. The van der Waals surface area contributed by atoms with Gasteiger partial charge in [0.15, 0.2) is 0 Å². The van der Waals surface area contributed by atoms with Crippen molar-refractivity contribution in [2.75, 3.05) is 26.0 Å². The van der Waals surface area contributed by atoms with Crippen LogP contribution in [0.25, 0.3) is 0 Å². The van der Waals surface area contributed by atoms with Crippen molar-refractivity contribution < 1.29 is 13.2 Å². The van der Waals surface area contributed by atoms with E-state index in [1.54, 1.807) is 19.1 Å². The Kier molecular flexibility index (Phi) is 8.50. The smallest absolute Gasteiger partial charge is 0.240 e. The van der Waals surface area contributed by atoms with E-state index in [-0.39, 0.29) is 23.2 Å². The summed E-state index contributed by atoms with van der Waals surface area (Å²) >= 11 is 0. The van der Waals surface area contributed by atoms with Crippen molar-refractivity contribution in [3.63, 3.8) is 0 Å². The van der Waals surface area contributed by atoms with Crippen molar-refractivity contribution in [1.82, 2.24) is 10.0 Å². The third-order valence-corrected chi connectivity index (χ3v) is 4.51. The van der Waals surface area contributed by atoms with Crippen molar-refractivity contribution in [3.05, 3.63) is 23.8 Å². The second-order valence-corrected chi connectivity index (χ2v) is 6.25. The average molecular weight is 336 g/mol. The topological polar surface area (TPSA) is 87.3 Å². The molecule has 21 heavy (non-hydrogen) atoms. The molecule has 0 fully saturated rings. The number of amides is 1. The highest BCUT2D eigenvalue weighted by Gasteiger charge is 2.17. The largest absolute Gasteiger partial charge is 0.326 e. The number of carbonyl (C=O) groups is 1. The monoisotopic (exact) mass is 335 g/mol. The Morgan fingerprint density at radius 2 is 1.90 bits per heavy atom. The van der Waals surface area contributed by atoms with Gasteiger partial charge in [-0.1, -0.05) is 6.07 Å². The molecule has 8 heteroatoms. The number of nitrogens with one attached hydrogen (secondary N) is 3. The molecular formula is C13H22ClN3O3S. The highest BCUT2D eigenvalue weighted by molar-refractivity contribution is 7.89. The molecule has 1 aromatic rings. The van der Waals surface area contributed by atoms with Gasteiger partial charge in [0.1, 0.15) is 0 Å². The molecule has 0 saturated heterocycles. The Morgan fingerprint density at radius 3 is 2.48 bits per heavy atom. The summed E-state index contributed by atoms with van der Waals surface area (Å²) in [7, 11) is -0.333. The first-order valence-electron chi connectivity index (χ1n) is 6.40. The minimum Gasteiger partial charge on any atom is -0.326 e. The molecule has 0 aliphatic carbocycles. The second-order valence-electron chi connectivity index (χ2n) is 4.39. The summed E-state index contributed by atoms with van der Waals surface area (Å²) in [5.74, 6) is -0.123. The van der Waals surface area contributed by atoms with Crippen molar-refractivity contribution in [2.24, 2.45) is 0 Å². The molecule has 1 aromatic carbocycles. The first kappa shape index (κ1) is 19.9. The van der Waals surface area contributed by atoms with E-state index in [0.29, 0.717) is 17.7 Å². The van der Waals surface area contributed by atoms with Crippen LogP contribution in [0.2, 0.25) is 0 Å². The summed E-state index contributed by atoms with van der Waals surface area (Å²) in [5, 5.41) is 5.71. The van der Waals surface area contributed by atoms with Gasteiger partial charge in [0.05, 0.1) is 4.90 Å². The third-order valence-electron chi connectivity index (χ3n) is 2.95. The lowest BCUT2D eigenvalue weighted by molar-refractivity contribution is -0.116. The van der Waals surface area contributed by atoms with Gasteiger partial charge >= 0.3 is 0 Å². The van der Waals surface area contributed by atoms with E-state index < -0.39 is 10.0 Å². The molecule has 0 atom stereocenters. The van der Waals surface area contributed by atoms with Crippen LogP contribution in [-0.2, 0) is 14.8 Å². The quantitative estimate of drug-likeness (QED) is 0.655. The van der Waals surface area contributed by atoms with E-state index >= 15 is 0 Å². The lowest BCUT2D eigenvalue weighted by atomic mass is 10.2. The third kappa shape index (κ3) is 5.62. The Morgan fingerprint density at radius 1 is 1.24 bits per heavy atom. The van der Waals surface area contributed by atoms with E-state index in [1.807, 2.05) is 7.05 Å². The molecule has 120 valence electrons. The molecular weight excluding hydrogens is 314 g/mol. The second kappa shape index (κ2) is 8.99. The van der Waals surface area contributed by atoms with Crippen LogP contribution >= 0.6 is 12.4 Å². The number of rotatable bonds is 7. The zero-order valence-electron chi connectivity index (χ0n) is 12.4. The summed E-state index contributed by atoms with van der Waals surface area (Å²) in [6.45, 7) is 2.44. The lowest BCUT2D eigenvalue weighted by Crippen LogP contribution is -2.21. The molecule has 3 N–H and O–H groups in total. The number of hydrogen-bond acceptors (Lipinski definition) is 4. The van der Waals surface area contributed by atoms with Crippen LogP contribution in [0.15, 0.2) is 23.1 Å². The highest BCUT2D eigenvalue weighted by Crippen LogP contribution is 2.22. The maximum Gasteiger partial charge on any atom is 0.240 e. The van der Waals surface area contributed by atoms with Gasteiger partial charge < -0.3 is 10.6 Å². The molecule has 0 bridgehead atoms. The standard InChI is InChI=1S/C13H21N3O3S.ClH/c1-10-11(16-13(17)8-5-9-14-2)6-4-7-12(10)20(18,19)15-3;/h4,6-7,14-15H,5,8-9H2,1-3H3,(H,16,17);1H. The minimum atomic E-state index is -3.52. The molecule has 0 radical (unpaired) electrons. The van der Waals surface area contributed by atoms with Crippen molar-refractivity contribution in [3.8, 4) is 0 Å². The minimum absolute atomic E-state index is 0. The van der Waals surface area contributed by atoms with Crippen LogP contribution in [0.4, 0.5) is 5.69 Å². The zero-order valence-corrected chi connectivity index (χ0v) is 14.0. The predicted molar refractivity (Wildman–Crippen MR) is 86.5 cm³/mol. The molecule has 0 aromatic heterocycles. The van der Waals surface area contributed by atoms with Gasteiger partial charge in [-0.15, -0.1) is 12.4 Å². The molecule has 1 amide bonds. The zero-order chi connectivity index (χ0) is 15.2. The molecule has 0 aliphatic rings.